The van der Waals surface area contributed by atoms with E-state index < -0.39 is 10.1 Å². The number of allylic oxidation sites excluding steroid dienone is 1. The molecule has 7 heteroatoms. The van der Waals surface area contributed by atoms with E-state index in [0.29, 0.717) is 5.33 Å². The van der Waals surface area contributed by atoms with E-state index in [1.807, 2.05) is 0 Å². The van der Waals surface area contributed by atoms with Crippen molar-refractivity contribution < 1.29 is 17.5 Å². The molecular formula is C8H7Br2NO3S. The Kier molecular flexibility index (Phi) is 4.45. The molecule has 0 radical (unpaired) electrons. The molecule has 0 unspecified atom stereocenters. The van der Waals surface area contributed by atoms with Gasteiger partial charge in [-0.1, -0.05) is 15.9 Å². The van der Waals surface area contributed by atoms with Crippen LogP contribution in [0.4, 0.5) is 0 Å². The maximum atomic E-state index is 10.7. The van der Waals surface area contributed by atoms with Gasteiger partial charge in [-0.05, 0) is 22.0 Å². The van der Waals surface area contributed by atoms with Crippen molar-refractivity contribution in [2.45, 2.75) is 4.90 Å². The monoisotopic (exact) mass is 355 g/mol. The molecular weight excluding hydrogens is 350 g/mol. The number of hydrogen-bond donors (Lipinski definition) is 0. The van der Waals surface area contributed by atoms with Gasteiger partial charge in [-0.2, -0.15) is 4.57 Å². The van der Waals surface area contributed by atoms with Crippen molar-refractivity contribution in [1.29, 1.82) is 0 Å². The topological polar surface area (TPSA) is 61.1 Å². The molecule has 0 aliphatic rings. The third kappa shape index (κ3) is 4.02. The second-order valence-electron chi connectivity index (χ2n) is 2.65. The number of nitrogens with zero attached hydrogens (tertiary/aromatic N) is 1. The highest BCUT2D eigenvalue weighted by Gasteiger charge is 2.06. The third-order valence-electron chi connectivity index (χ3n) is 1.50. The fraction of sp³-hybridized carbons (Fsp3) is 0.125. The van der Waals surface area contributed by atoms with E-state index in [-0.39, 0.29) is 4.90 Å². The van der Waals surface area contributed by atoms with E-state index in [4.69, 9.17) is 0 Å². The van der Waals surface area contributed by atoms with Crippen LogP contribution in [0.5, 0.6) is 0 Å². The maximum Gasteiger partial charge on any atom is 0.192 e. The molecule has 1 aromatic rings. The fourth-order valence-corrected chi connectivity index (χ4v) is 1.77. The summed E-state index contributed by atoms with van der Waals surface area (Å²) in [4.78, 5) is -0.254. The zero-order valence-corrected chi connectivity index (χ0v) is 11.4. The number of hydrogen-bond acceptors (Lipinski definition) is 3. The lowest BCUT2D eigenvalue weighted by molar-refractivity contribution is -0.570. The first-order valence-corrected chi connectivity index (χ1v) is 7.14. The molecule has 15 heavy (non-hydrogen) atoms. The van der Waals surface area contributed by atoms with Gasteiger partial charge in [0, 0.05) is 11.4 Å². The third-order valence-corrected chi connectivity index (χ3v) is 4.16. The molecule has 82 valence electrons. The van der Waals surface area contributed by atoms with Crippen molar-refractivity contribution in [1.82, 2.24) is 0 Å². The summed E-state index contributed by atoms with van der Waals surface area (Å²) in [5.41, 5.74) is 0. The zero-order valence-electron chi connectivity index (χ0n) is 7.43. The van der Waals surface area contributed by atoms with Gasteiger partial charge in [-0.25, -0.2) is 8.42 Å². The van der Waals surface area contributed by atoms with Gasteiger partial charge in [0.05, 0.1) is 4.48 Å². The summed E-state index contributed by atoms with van der Waals surface area (Å²) in [5.74, 6) is 0. The molecule has 1 aromatic heterocycles. The highest BCUT2D eigenvalue weighted by atomic mass is 79.9. The van der Waals surface area contributed by atoms with E-state index in [0.717, 1.165) is 4.48 Å². The van der Waals surface area contributed by atoms with Gasteiger partial charge in [-0.3, -0.25) is 0 Å². The molecule has 0 spiro atoms. The number of rotatable bonds is 3. The minimum atomic E-state index is -4.39. The lowest BCUT2D eigenvalue weighted by Crippen LogP contribution is -2.26. The molecule has 0 bridgehead atoms. The van der Waals surface area contributed by atoms with Gasteiger partial charge in [0.15, 0.2) is 18.6 Å². The molecule has 1 rings (SSSR count). The van der Waals surface area contributed by atoms with Crippen molar-refractivity contribution in [2.75, 3.05) is 5.33 Å². The Labute approximate surface area is 105 Å². The van der Waals surface area contributed by atoms with Gasteiger partial charge < -0.3 is 4.55 Å². The largest absolute Gasteiger partial charge is 0.744 e. The van der Waals surface area contributed by atoms with Gasteiger partial charge in [0.2, 0.25) is 0 Å². The number of aromatic nitrogens is 1. The van der Waals surface area contributed by atoms with Crippen LogP contribution < -0.4 is 4.57 Å². The van der Waals surface area contributed by atoms with E-state index in [2.05, 4.69) is 31.9 Å². The smallest absolute Gasteiger partial charge is 0.192 e. The summed E-state index contributed by atoms with van der Waals surface area (Å²) in [6.07, 6.45) is 4.55. The predicted molar refractivity (Wildman–Crippen MR) is 61.6 cm³/mol. The Morgan fingerprint density at radius 1 is 1.60 bits per heavy atom. The van der Waals surface area contributed by atoms with Gasteiger partial charge in [0.1, 0.15) is 15.0 Å². The van der Waals surface area contributed by atoms with Crippen LogP contribution in [0.2, 0.25) is 0 Å². The molecule has 0 amide bonds. The summed E-state index contributed by atoms with van der Waals surface area (Å²) in [7, 11) is -4.39. The highest BCUT2D eigenvalue weighted by Crippen LogP contribution is 2.08. The quantitative estimate of drug-likeness (QED) is 0.468. The normalized spacial score (nSPS) is 12.9. The Morgan fingerprint density at radius 2 is 2.27 bits per heavy atom. The summed E-state index contributed by atoms with van der Waals surface area (Å²) < 4.78 is 34.5. The van der Waals surface area contributed by atoms with E-state index in [1.54, 1.807) is 12.4 Å². The standard InChI is InChI=1S/C8H7Br2NO3S/c9-4-7(10)5-11-3-1-2-8(6-11)15(12,13)14/h1-3,5-6H,4H2. The van der Waals surface area contributed by atoms with Crippen molar-refractivity contribution in [3.63, 3.8) is 0 Å². The van der Waals surface area contributed by atoms with Crippen LogP contribution in [0.1, 0.15) is 0 Å². The Bertz CT molecular complexity index is 484. The van der Waals surface area contributed by atoms with Crippen LogP contribution in [-0.2, 0) is 10.1 Å². The lowest BCUT2D eigenvalue weighted by Gasteiger charge is -2.03. The van der Waals surface area contributed by atoms with Gasteiger partial charge in [-0.15, -0.1) is 0 Å². The molecule has 0 saturated carbocycles. The van der Waals surface area contributed by atoms with Crippen LogP contribution in [0, 0.1) is 0 Å². The molecule has 0 saturated heterocycles. The molecule has 0 aliphatic carbocycles. The first-order valence-electron chi connectivity index (χ1n) is 3.82. The minimum absolute atomic E-state index is 0.254. The van der Waals surface area contributed by atoms with Crippen LogP contribution in [0.25, 0.3) is 6.20 Å². The number of halogens is 2. The van der Waals surface area contributed by atoms with Crippen LogP contribution in [-0.4, -0.2) is 18.3 Å². The Hall–Kier alpha value is -0.240. The predicted octanol–water partition coefficient (Wildman–Crippen LogP) is 1.47. The second kappa shape index (κ2) is 5.20. The molecule has 0 aliphatic heterocycles. The zero-order chi connectivity index (χ0) is 11.5. The number of pyridine rings is 1. The average molecular weight is 357 g/mol. The fourth-order valence-electron chi connectivity index (χ4n) is 0.895. The van der Waals surface area contributed by atoms with E-state index >= 15 is 0 Å². The van der Waals surface area contributed by atoms with E-state index in [1.165, 1.54) is 22.9 Å². The molecule has 1 heterocycles. The number of alkyl halides is 1. The lowest BCUT2D eigenvalue weighted by atomic mass is 10.5. The first kappa shape index (κ1) is 12.8. The summed E-state index contributed by atoms with van der Waals surface area (Å²) >= 11 is 6.48. The maximum absolute atomic E-state index is 10.7. The molecule has 0 N–H and O–H groups in total. The van der Waals surface area contributed by atoms with Gasteiger partial charge in [0.25, 0.3) is 0 Å². The van der Waals surface area contributed by atoms with Crippen molar-refractivity contribution in [3.8, 4) is 0 Å². The first-order chi connectivity index (χ1) is 6.93. The van der Waals surface area contributed by atoms with Crippen LogP contribution >= 0.6 is 31.9 Å². The SMILES string of the molecule is O=S(=O)([O-])c1ccc[n+](C=C(Br)CBr)c1. The van der Waals surface area contributed by atoms with Crippen molar-refractivity contribution in [2.24, 2.45) is 0 Å². The minimum Gasteiger partial charge on any atom is -0.744 e. The van der Waals surface area contributed by atoms with Crippen LogP contribution in [0.3, 0.4) is 0 Å². The Morgan fingerprint density at radius 3 is 2.80 bits per heavy atom. The summed E-state index contributed by atoms with van der Waals surface area (Å²) in [6, 6.07) is 2.75. The van der Waals surface area contributed by atoms with Crippen molar-refractivity contribution >= 4 is 48.2 Å². The van der Waals surface area contributed by atoms with Crippen LogP contribution in [0.15, 0.2) is 33.9 Å². The molecule has 0 aromatic carbocycles. The summed E-state index contributed by atoms with van der Waals surface area (Å²) in [5, 5.41) is 0.606. The second-order valence-corrected chi connectivity index (χ2v) is 5.61. The Balaban J connectivity index is 3.15. The molecule has 4 nitrogen and oxygen atoms in total. The van der Waals surface area contributed by atoms with Gasteiger partial charge >= 0.3 is 0 Å². The van der Waals surface area contributed by atoms with E-state index in [9.17, 15) is 13.0 Å². The highest BCUT2D eigenvalue weighted by molar-refractivity contribution is 9.13. The van der Waals surface area contributed by atoms with Crippen molar-refractivity contribution in [3.05, 3.63) is 29.0 Å². The average Bonchev–Trinajstić information content (AvgIpc) is 2.17. The molecule has 0 atom stereocenters. The summed E-state index contributed by atoms with van der Waals surface area (Å²) in [6.45, 7) is 0. The molecule has 0 fully saturated rings.